The molecule has 2 atom stereocenters. The van der Waals surface area contributed by atoms with Crippen LogP contribution in [0.5, 0.6) is 0 Å². The predicted octanol–water partition coefficient (Wildman–Crippen LogP) is 2.56. The first-order valence-corrected chi connectivity index (χ1v) is 7.41. The lowest BCUT2D eigenvalue weighted by Gasteiger charge is -2.24. The summed E-state index contributed by atoms with van der Waals surface area (Å²) in [5.74, 6) is 0. The van der Waals surface area contributed by atoms with Gasteiger partial charge < -0.3 is 9.47 Å². The number of hydrogen-bond acceptors (Lipinski definition) is 4. The van der Waals surface area contributed by atoms with Crippen molar-refractivity contribution in [1.82, 2.24) is 4.90 Å². The van der Waals surface area contributed by atoms with Crippen LogP contribution in [0.25, 0.3) is 0 Å². The average Bonchev–Trinajstić information content (AvgIpc) is 2.84. The molecule has 2 rings (SSSR count). The van der Waals surface area contributed by atoms with Gasteiger partial charge in [0.25, 0.3) is 0 Å². The summed E-state index contributed by atoms with van der Waals surface area (Å²) in [6, 6.07) is 8.24. The van der Waals surface area contributed by atoms with E-state index in [0.29, 0.717) is 18.2 Å². The van der Waals surface area contributed by atoms with E-state index in [-0.39, 0.29) is 6.10 Å². The molecule has 0 aliphatic carbocycles. The van der Waals surface area contributed by atoms with Crippen molar-refractivity contribution in [3.63, 3.8) is 0 Å². The predicted molar refractivity (Wildman–Crippen MR) is 80.3 cm³/mol. The minimum Gasteiger partial charge on any atom is -0.383 e. The maximum atomic E-state index is 9.01. The van der Waals surface area contributed by atoms with Gasteiger partial charge in [0.2, 0.25) is 0 Å². The van der Waals surface area contributed by atoms with Crippen molar-refractivity contribution < 1.29 is 9.47 Å². The zero-order valence-corrected chi connectivity index (χ0v) is 13.4. The molecule has 5 heteroatoms. The Morgan fingerprint density at radius 1 is 1.45 bits per heavy atom. The van der Waals surface area contributed by atoms with E-state index in [1.165, 1.54) is 0 Å². The van der Waals surface area contributed by atoms with Crippen LogP contribution in [0.3, 0.4) is 0 Å². The summed E-state index contributed by atoms with van der Waals surface area (Å²) >= 11 is 3.56. The number of ether oxygens (including phenoxy) is 2. The van der Waals surface area contributed by atoms with Crippen molar-refractivity contribution in [3.05, 3.63) is 33.8 Å². The van der Waals surface area contributed by atoms with Gasteiger partial charge in [-0.3, -0.25) is 4.90 Å². The van der Waals surface area contributed by atoms with Crippen molar-refractivity contribution in [2.45, 2.75) is 25.1 Å². The summed E-state index contributed by atoms with van der Waals surface area (Å²) in [7, 11) is 3.48. The Morgan fingerprint density at radius 3 is 2.90 bits per heavy atom. The number of methoxy groups -OCH3 is 2. The van der Waals surface area contributed by atoms with E-state index in [9.17, 15) is 0 Å². The molecule has 0 spiro atoms. The second-order valence-corrected chi connectivity index (χ2v) is 5.90. The lowest BCUT2D eigenvalue weighted by atomic mass is 10.1. The zero-order valence-electron chi connectivity index (χ0n) is 11.8. The quantitative estimate of drug-likeness (QED) is 0.827. The first kappa shape index (κ1) is 15.5. The van der Waals surface area contributed by atoms with Gasteiger partial charge in [0.15, 0.2) is 0 Å². The molecule has 0 aromatic heterocycles. The molecule has 1 heterocycles. The first-order chi connectivity index (χ1) is 9.67. The van der Waals surface area contributed by atoms with Gasteiger partial charge >= 0.3 is 0 Å². The van der Waals surface area contributed by atoms with E-state index in [1.807, 2.05) is 18.2 Å². The molecule has 20 heavy (non-hydrogen) atoms. The van der Waals surface area contributed by atoms with Crippen LogP contribution in [0.1, 0.15) is 17.5 Å². The molecular formula is C15H19BrN2O2. The van der Waals surface area contributed by atoms with Crippen molar-refractivity contribution in [2.24, 2.45) is 0 Å². The summed E-state index contributed by atoms with van der Waals surface area (Å²) in [4.78, 5) is 2.36. The number of nitrogens with zero attached hydrogens (tertiary/aromatic N) is 2. The molecule has 0 bridgehead atoms. The van der Waals surface area contributed by atoms with Crippen LogP contribution in [0.4, 0.5) is 0 Å². The van der Waals surface area contributed by atoms with Gasteiger partial charge in [-0.2, -0.15) is 5.26 Å². The van der Waals surface area contributed by atoms with Crippen molar-refractivity contribution >= 4 is 15.9 Å². The van der Waals surface area contributed by atoms with E-state index in [0.717, 1.165) is 29.5 Å². The van der Waals surface area contributed by atoms with Crippen molar-refractivity contribution in [1.29, 1.82) is 5.26 Å². The van der Waals surface area contributed by atoms with Crippen molar-refractivity contribution in [2.75, 3.05) is 27.4 Å². The summed E-state index contributed by atoms with van der Waals surface area (Å²) in [6.45, 7) is 2.40. The van der Waals surface area contributed by atoms with Gasteiger partial charge in [-0.25, -0.2) is 0 Å². The topological polar surface area (TPSA) is 45.5 Å². The molecule has 4 nitrogen and oxygen atoms in total. The molecule has 0 amide bonds. The fraction of sp³-hybridized carbons (Fsp3) is 0.533. The van der Waals surface area contributed by atoms with Crippen LogP contribution in [-0.4, -0.2) is 44.4 Å². The molecule has 1 aliphatic heterocycles. The fourth-order valence-corrected chi connectivity index (χ4v) is 3.02. The number of hydrogen-bond donors (Lipinski definition) is 0. The maximum absolute atomic E-state index is 9.01. The van der Waals surface area contributed by atoms with Gasteiger partial charge in [-0.1, -0.05) is 15.9 Å². The number of rotatable bonds is 5. The van der Waals surface area contributed by atoms with Crippen LogP contribution in [-0.2, 0) is 16.0 Å². The summed E-state index contributed by atoms with van der Waals surface area (Å²) in [6.07, 6.45) is 1.24. The summed E-state index contributed by atoms with van der Waals surface area (Å²) in [5.41, 5.74) is 1.82. The third-order valence-electron chi connectivity index (χ3n) is 3.73. The van der Waals surface area contributed by atoms with Gasteiger partial charge in [0.05, 0.1) is 24.3 Å². The van der Waals surface area contributed by atoms with Crippen LogP contribution >= 0.6 is 15.9 Å². The highest BCUT2D eigenvalue weighted by atomic mass is 79.9. The highest BCUT2D eigenvalue weighted by Crippen LogP contribution is 2.26. The molecule has 0 radical (unpaired) electrons. The van der Waals surface area contributed by atoms with Crippen molar-refractivity contribution in [3.8, 4) is 6.07 Å². The van der Waals surface area contributed by atoms with Crippen LogP contribution in [0.15, 0.2) is 22.7 Å². The molecule has 1 aromatic rings. The number of likely N-dealkylation sites (tertiary alicyclic amines) is 1. The lowest BCUT2D eigenvalue weighted by Crippen LogP contribution is -2.32. The van der Waals surface area contributed by atoms with Gasteiger partial charge in [-0.15, -0.1) is 0 Å². The molecule has 0 N–H and O–H groups in total. The molecule has 0 unspecified atom stereocenters. The third-order valence-corrected chi connectivity index (χ3v) is 4.50. The van der Waals surface area contributed by atoms with Crippen LogP contribution < -0.4 is 0 Å². The number of nitriles is 1. The SMILES string of the molecule is COC[C@@H]1C[C@H](OC)CN1Cc1cc(C#N)ccc1Br. The number of halogens is 1. The maximum Gasteiger partial charge on any atom is 0.0991 e. The molecular weight excluding hydrogens is 320 g/mol. The Labute approximate surface area is 128 Å². The Balaban J connectivity index is 2.13. The summed E-state index contributed by atoms with van der Waals surface area (Å²) in [5, 5.41) is 9.01. The Bertz CT molecular complexity index is 501. The molecule has 1 fully saturated rings. The van der Waals surface area contributed by atoms with E-state index in [1.54, 1.807) is 14.2 Å². The normalized spacial score (nSPS) is 22.9. The molecule has 108 valence electrons. The molecule has 1 aromatic carbocycles. The monoisotopic (exact) mass is 338 g/mol. The zero-order chi connectivity index (χ0) is 14.5. The highest BCUT2D eigenvalue weighted by Gasteiger charge is 2.32. The van der Waals surface area contributed by atoms with Gasteiger partial charge in [0.1, 0.15) is 0 Å². The van der Waals surface area contributed by atoms with E-state index in [4.69, 9.17) is 14.7 Å². The Morgan fingerprint density at radius 2 is 2.25 bits per heavy atom. The minimum absolute atomic E-state index is 0.257. The van der Waals surface area contributed by atoms with E-state index in [2.05, 4.69) is 26.9 Å². The second kappa shape index (κ2) is 7.19. The Kier molecular flexibility index (Phi) is 5.55. The minimum atomic E-state index is 0.257. The molecule has 0 saturated carbocycles. The Hall–Kier alpha value is -0.930. The van der Waals surface area contributed by atoms with E-state index < -0.39 is 0 Å². The first-order valence-electron chi connectivity index (χ1n) is 6.62. The van der Waals surface area contributed by atoms with Gasteiger partial charge in [0, 0.05) is 37.8 Å². The average molecular weight is 339 g/mol. The third kappa shape index (κ3) is 3.58. The standard InChI is InChI=1S/C15H19BrN2O2/c1-19-10-13-6-14(20-2)9-18(13)8-12-5-11(7-17)3-4-15(12)16/h3-5,13-14H,6,8-10H2,1-2H3/t13-,14-/m0/s1. The van der Waals surface area contributed by atoms with Crippen LogP contribution in [0, 0.1) is 11.3 Å². The molecule has 1 aliphatic rings. The largest absolute Gasteiger partial charge is 0.383 e. The van der Waals surface area contributed by atoms with Gasteiger partial charge in [-0.05, 0) is 30.2 Å². The highest BCUT2D eigenvalue weighted by molar-refractivity contribution is 9.10. The fourth-order valence-electron chi connectivity index (χ4n) is 2.65. The smallest absolute Gasteiger partial charge is 0.0991 e. The number of benzene rings is 1. The molecule has 1 saturated heterocycles. The lowest BCUT2D eigenvalue weighted by molar-refractivity contribution is 0.106. The van der Waals surface area contributed by atoms with E-state index >= 15 is 0 Å². The second-order valence-electron chi connectivity index (χ2n) is 5.05. The van der Waals surface area contributed by atoms with Crippen LogP contribution in [0.2, 0.25) is 0 Å². The summed E-state index contributed by atoms with van der Waals surface area (Å²) < 4.78 is 11.8.